The van der Waals surface area contributed by atoms with E-state index in [9.17, 15) is 0 Å². The number of fused-ring (bicyclic) bond motifs is 1. The maximum atomic E-state index is 5.89. The molecule has 6 nitrogen and oxygen atoms in total. The van der Waals surface area contributed by atoms with E-state index in [1.165, 1.54) is 11.8 Å². The average molecular weight is 373 g/mol. The fourth-order valence-electron chi connectivity index (χ4n) is 2.32. The fourth-order valence-corrected chi connectivity index (χ4v) is 3.17. The number of nitrogens with zero attached hydrogens (tertiary/aromatic N) is 3. The van der Waals surface area contributed by atoms with Gasteiger partial charge in [-0.15, -0.1) is 0 Å². The first kappa shape index (κ1) is 16.0. The third-order valence-electron chi connectivity index (χ3n) is 3.56. The minimum atomic E-state index is 0.474. The number of rotatable bonds is 5. The third-order valence-corrected chi connectivity index (χ3v) is 4.69. The first-order chi connectivity index (χ1) is 12.2. The van der Waals surface area contributed by atoms with Gasteiger partial charge in [0, 0.05) is 16.7 Å². The summed E-state index contributed by atoms with van der Waals surface area (Å²) in [5.41, 5.74) is 2.65. The van der Waals surface area contributed by atoms with Crippen LogP contribution < -0.4 is 4.74 Å². The maximum absolute atomic E-state index is 5.89. The Labute approximate surface area is 152 Å². The first-order valence-electron chi connectivity index (χ1n) is 7.46. The first-order valence-corrected chi connectivity index (χ1v) is 8.83. The monoisotopic (exact) mass is 372 g/mol. The predicted molar refractivity (Wildman–Crippen MR) is 97.0 cm³/mol. The second kappa shape index (κ2) is 6.78. The molecule has 0 fully saturated rings. The lowest BCUT2D eigenvalue weighted by Crippen LogP contribution is -1.85. The molecular formula is C17H13ClN4O2S. The van der Waals surface area contributed by atoms with E-state index in [-0.39, 0.29) is 0 Å². The van der Waals surface area contributed by atoms with Gasteiger partial charge in [-0.2, -0.15) is 4.98 Å². The van der Waals surface area contributed by atoms with E-state index in [1.54, 1.807) is 19.2 Å². The summed E-state index contributed by atoms with van der Waals surface area (Å²) in [6, 6.07) is 13.0. The zero-order valence-electron chi connectivity index (χ0n) is 13.2. The van der Waals surface area contributed by atoms with Gasteiger partial charge < -0.3 is 14.2 Å². The number of thioether (sulfide) groups is 1. The number of imidazole rings is 1. The predicted octanol–water partition coefficient (Wildman–Crippen LogP) is 4.57. The van der Waals surface area contributed by atoms with Crippen LogP contribution in [0.25, 0.3) is 22.5 Å². The van der Waals surface area contributed by atoms with Crippen LogP contribution in [0, 0.1) is 0 Å². The number of aromatic amines is 1. The number of aromatic nitrogens is 4. The maximum Gasteiger partial charge on any atom is 0.257 e. The second-order valence-corrected chi connectivity index (χ2v) is 6.64. The molecular weight excluding hydrogens is 360 g/mol. The number of ether oxygens (including phenoxy) is 1. The summed E-state index contributed by atoms with van der Waals surface area (Å²) in [6.07, 6.45) is 0. The number of nitrogens with one attached hydrogen (secondary N) is 1. The molecule has 2 heterocycles. The highest BCUT2D eigenvalue weighted by Gasteiger charge is 2.11. The van der Waals surface area contributed by atoms with E-state index >= 15 is 0 Å². The lowest BCUT2D eigenvalue weighted by atomic mass is 10.2. The number of methoxy groups -OCH3 is 1. The molecule has 4 aromatic rings. The molecule has 0 saturated heterocycles. The largest absolute Gasteiger partial charge is 0.497 e. The topological polar surface area (TPSA) is 76.8 Å². The van der Waals surface area contributed by atoms with Crippen LogP contribution in [0.5, 0.6) is 5.75 Å². The van der Waals surface area contributed by atoms with Gasteiger partial charge in [-0.1, -0.05) is 28.5 Å². The van der Waals surface area contributed by atoms with Crippen LogP contribution in [0.2, 0.25) is 5.02 Å². The number of benzene rings is 2. The number of H-pyrrole nitrogens is 1. The molecule has 25 heavy (non-hydrogen) atoms. The molecule has 0 unspecified atom stereocenters. The number of hydrogen-bond donors (Lipinski definition) is 1. The van der Waals surface area contributed by atoms with Crippen LogP contribution in [-0.4, -0.2) is 27.2 Å². The van der Waals surface area contributed by atoms with Crippen molar-refractivity contribution in [2.45, 2.75) is 10.9 Å². The van der Waals surface area contributed by atoms with Gasteiger partial charge in [0.25, 0.3) is 5.89 Å². The van der Waals surface area contributed by atoms with Crippen molar-refractivity contribution in [3.8, 4) is 17.2 Å². The molecule has 2 aromatic heterocycles. The van der Waals surface area contributed by atoms with Crippen LogP contribution in [0.3, 0.4) is 0 Å². The lowest BCUT2D eigenvalue weighted by molar-refractivity contribution is 0.415. The van der Waals surface area contributed by atoms with Crippen molar-refractivity contribution in [3.63, 3.8) is 0 Å². The second-order valence-electron chi connectivity index (χ2n) is 5.24. The molecule has 0 aliphatic rings. The SMILES string of the molecule is COc1ccc2nc(SCc3noc(-c4ccc(Cl)cc4)n3)[nH]c2c1. The van der Waals surface area contributed by atoms with Crippen LogP contribution in [0.4, 0.5) is 0 Å². The Hall–Kier alpha value is -2.51. The Morgan fingerprint density at radius 2 is 2.00 bits per heavy atom. The Bertz CT molecular complexity index is 1010. The fraction of sp³-hybridized carbons (Fsp3) is 0.118. The van der Waals surface area contributed by atoms with Crippen molar-refractivity contribution in [1.29, 1.82) is 0 Å². The summed E-state index contributed by atoms with van der Waals surface area (Å²) in [5, 5.41) is 5.47. The van der Waals surface area contributed by atoms with Gasteiger partial charge >= 0.3 is 0 Å². The van der Waals surface area contributed by atoms with E-state index < -0.39 is 0 Å². The molecule has 1 N–H and O–H groups in total. The Morgan fingerprint density at radius 3 is 2.80 bits per heavy atom. The molecule has 0 spiro atoms. The van der Waals surface area contributed by atoms with Crippen molar-refractivity contribution < 1.29 is 9.26 Å². The Balaban J connectivity index is 1.47. The summed E-state index contributed by atoms with van der Waals surface area (Å²) in [4.78, 5) is 12.2. The number of hydrogen-bond acceptors (Lipinski definition) is 6. The summed E-state index contributed by atoms with van der Waals surface area (Å²) >= 11 is 7.40. The van der Waals surface area contributed by atoms with Crippen LogP contribution in [0.15, 0.2) is 52.1 Å². The van der Waals surface area contributed by atoms with Gasteiger partial charge in [-0.3, -0.25) is 0 Å². The summed E-state index contributed by atoms with van der Waals surface area (Å²) in [5.74, 6) is 2.42. The molecule has 0 radical (unpaired) electrons. The summed E-state index contributed by atoms with van der Waals surface area (Å²) in [6.45, 7) is 0. The Kier molecular flexibility index (Phi) is 4.33. The molecule has 0 saturated carbocycles. The van der Waals surface area contributed by atoms with Crippen LogP contribution in [0.1, 0.15) is 5.82 Å². The van der Waals surface area contributed by atoms with E-state index in [1.807, 2.05) is 30.3 Å². The van der Waals surface area contributed by atoms with Crippen LogP contribution in [-0.2, 0) is 5.75 Å². The third kappa shape index (κ3) is 3.47. The minimum Gasteiger partial charge on any atom is -0.497 e. The van der Waals surface area contributed by atoms with Crippen molar-refractivity contribution in [2.24, 2.45) is 0 Å². The quantitative estimate of drug-likeness (QED) is 0.517. The normalized spacial score (nSPS) is 11.1. The summed E-state index contributed by atoms with van der Waals surface area (Å²) in [7, 11) is 1.64. The molecule has 0 atom stereocenters. The van der Waals surface area contributed by atoms with Crippen molar-refractivity contribution in [3.05, 3.63) is 53.3 Å². The van der Waals surface area contributed by atoms with Crippen LogP contribution >= 0.6 is 23.4 Å². The van der Waals surface area contributed by atoms with Gasteiger partial charge in [-0.25, -0.2) is 4.98 Å². The number of halogens is 1. The van der Waals surface area contributed by atoms with Gasteiger partial charge in [0.2, 0.25) is 0 Å². The summed E-state index contributed by atoms with van der Waals surface area (Å²) < 4.78 is 10.5. The van der Waals surface area contributed by atoms with Crippen molar-refractivity contribution >= 4 is 34.4 Å². The lowest BCUT2D eigenvalue weighted by Gasteiger charge is -1.96. The Morgan fingerprint density at radius 1 is 1.16 bits per heavy atom. The molecule has 8 heteroatoms. The zero-order chi connectivity index (χ0) is 17.2. The highest BCUT2D eigenvalue weighted by Crippen LogP contribution is 2.26. The van der Waals surface area contributed by atoms with Crippen molar-refractivity contribution in [1.82, 2.24) is 20.1 Å². The zero-order valence-corrected chi connectivity index (χ0v) is 14.8. The van der Waals surface area contributed by atoms with E-state index in [2.05, 4.69) is 20.1 Å². The molecule has 2 aromatic carbocycles. The molecule has 126 valence electrons. The molecule has 4 rings (SSSR count). The van der Waals surface area contributed by atoms with Gasteiger partial charge in [0.15, 0.2) is 11.0 Å². The molecule has 0 aliphatic carbocycles. The molecule has 0 amide bonds. The van der Waals surface area contributed by atoms with Gasteiger partial charge in [0.05, 0.1) is 23.9 Å². The van der Waals surface area contributed by atoms with Gasteiger partial charge in [-0.05, 0) is 36.4 Å². The minimum absolute atomic E-state index is 0.474. The molecule has 0 aliphatic heterocycles. The van der Waals surface area contributed by atoms with Gasteiger partial charge in [0.1, 0.15) is 5.75 Å². The standard InChI is InChI=1S/C17H13ClN4O2S/c1-23-12-6-7-13-14(8-12)20-17(19-13)25-9-15-21-16(24-22-15)10-2-4-11(18)5-3-10/h2-8H,9H2,1H3,(H,19,20). The smallest absolute Gasteiger partial charge is 0.257 e. The van der Waals surface area contributed by atoms with E-state index in [0.717, 1.165) is 27.5 Å². The van der Waals surface area contributed by atoms with E-state index in [0.29, 0.717) is 22.5 Å². The average Bonchev–Trinajstić information content (AvgIpc) is 3.26. The molecule has 0 bridgehead atoms. The van der Waals surface area contributed by atoms with Crippen molar-refractivity contribution in [2.75, 3.05) is 7.11 Å². The van der Waals surface area contributed by atoms with E-state index in [4.69, 9.17) is 20.9 Å². The highest BCUT2D eigenvalue weighted by molar-refractivity contribution is 7.98. The highest BCUT2D eigenvalue weighted by atomic mass is 35.5.